The van der Waals surface area contributed by atoms with Crippen molar-refractivity contribution in [3.8, 4) is 0 Å². The minimum atomic E-state index is -0.555. The van der Waals surface area contributed by atoms with E-state index in [1.54, 1.807) is 0 Å². The van der Waals surface area contributed by atoms with E-state index >= 15 is 0 Å². The first-order valence-corrected chi connectivity index (χ1v) is 16.7. The van der Waals surface area contributed by atoms with Gasteiger partial charge in [0.25, 0.3) is 0 Å². The molecule has 0 heterocycles. The molecule has 5 unspecified atom stereocenters. The van der Waals surface area contributed by atoms with Crippen LogP contribution in [0, 0.1) is 62.6 Å². The summed E-state index contributed by atoms with van der Waals surface area (Å²) < 4.78 is 6.13. The molecule has 1 amide bonds. The molecule has 6 rings (SSSR count). The van der Waals surface area contributed by atoms with Crippen LogP contribution in [0.2, 0.25) is 0 Å². The van der Waals surface area contributed by atoms with E-state index in [1.807, 2.05) is 0 Å². The number of amides is 1. The molecule has 0 aliphatic heterocycles. The molecule has 0 radical (unpaired) electrons. The number of aliphatic carboxylic acids is 1. The second-order valence-corrected chi connectivity index (χ2v) is 16.7. The maximum atomic E-state index is 13.0. The molecule has 0 aromatic rings. The van der Waals surface area contributed by atoms with Gasteiger partial charge in [-0.3, -0.25) is 4.79 Å². The zero-order chi connectivity index (χ0) is 28.9. The van der Waals surface area contributed by atoms with Crippen LogP contribution in [0.15, 0.2) is 0 Å². The molecular formula is C34H56N2O4. The molecule has 6 aliphatic rings. The molecule has 4 N–H and O–H groups in total. The Bertz CT molecular complexity index is 1040. The lowest BCUT2D eigenvalue weighted by atomic mass is 9.32. The zero-order valence-electron chi connectivity index (χ0n) is 26.1. The molecule has 226 valence electrons. The number of hydrogen-bond donors (Lipinski definition) is 3. The van der Waals surface area contributed by atoms with Gasteiger partial charge in [-0.2, -0.15) is 0 Å². The van der Waals surface area contributed by atoms with E-state index in [0.29, 0.717) is 42.2 Å². The summed E-state index contributed by atoms with van der Waals surface area (Å²) in [5.41, 5.74) is 6.15. The Morgan fingerprint density at radius 3 is 2.25 bits per heavy atom. The Hall–Kier alpha value is -1.30. The van der Waals surface area contributed by atoms with Crippen molar-refractivity contribution in [3.05, 3.63) is 0 Å². The lowest BCUT2D eigenvalue weighted by Gasteiger charge is -2.72. The third-order valence-corrected chi connectivity index (χ3v) is 15.1. The summed E-state index contributed by atoms with van der Waals surface area (Å²) in [6.07, 6.45) is 12.4. The molecule has 6 fully saturated rings. The maximum Gasteiger partial charge on any atom is 0.407 e. The third kappa shape index (κ3) is 3.82. The fourth-order valence-electron chi connectivity index (χ4n) is 12.6. The van der Waals surface area contributed by atoms with E-state index in [9.17, 15) is 14.7 Å². The summed E-state index contributed by atoms with van der Waals surface area (Å²) in [5.74, 6) is 2.09. The number of nitrogens with two attached hydrogens (primary N) is 1. The Kier molecular flexibility index (Phi) is 6.73. The van der Waals surface area contributed by atoms with Crippen molar-refractivity contribution >= 4 is 12.1 Å². The van der Waals surface area contributed by atoms with Crippen LogP contribution in [0.25, 0.3) is 0 Å². The van der Waals surface area contributed by atoms with Crippen molar-refractivity contribution in [2.24, 2.45) is 68.3 Å². The third-order valence-electron chi connectivity index (χ3n) is 15.1. The fraction of sp³-hybridized carbons (Fsp3) is 0.941. The highest BCUT2D eigenvalue weighted by molar-refractivity contribution is 5.76. The number of rotatable bonds is 5. The lowest BCUT2D eigenvalue weighted by Crippen LogP contribution is -2.67. The number of alkyl carbamates (subject to hydrolysis) is 1. The van der Waals surface area contributed by atoms with Crippen molar-refractivity contribution in [2.45, 2.75) is 131 Å². The molecule has 40 heavy (non-hydrogen) atoms. The number of carboxylic acids is 1. The van der Waals surface area contributed by atoms with E-state index in [-0.39, 0.29) is 39.8 Å². The van der Waals surface area contributed by atoms with Crippen molar-refractivity contribution < 1.29 is 19.4 Å². The number of hydrogen-bond acceptors (Lipinski definition) is 4. The summed E-state index contributed by atoms with van der Waals surface area (Å²) in [4.78, 5) is 25.6. The van der Waals surface area contributed by atoms with Crippen LogP contribution in [-0.2, 0) is 9.53 Å². The standard InChI is InChI=1S/C34H56N2O4/c1-20(19-35)22-11-16-34(28(37)38)18-17-32(5)23(27(22)34)9-10-25-31(4)14-13-26(40-29(39)36-21-7-8-21)30(2,3)24(31)12-15-33(25,32)6/h20-27H,7-19,35H2,1-6H3,(H,36,39)(H,37,38)/t20?,22-,23?,24?,25?,26+,27?,31-,32+,33+,34-/m0/s1. The molecule has 0 bridgehead atoms. The molecule has 6 nitrogen and oxygen atoms in total. The van der Waals surface area contributed by atoms with E-state index in [0.717, 1.165) is 57.8 Å². The first kappa shape index (κ1) is 28.8. The quantitative estimate of drug-likeness (QED) is 0.338. The van der Waals surface area contributed by atoms with Gasteiger partial charge in [-0.15, -0.1) is 0 Å². The molecule has 11 atom stereocenters. The Morgan fingerprint density at radius 1 is 0.875 bits per heavy atom. The Morgan fingerprint density at radius 2 is 1.60 bits per heavy atom. The van der Waals surface area contributed by atoms with Gasteiger partial charge in [0.1, 0.15) is 6.10 Å². The summed E-state index contributed by atoms with van der Waals surface area (Å²) in [6.45, 7) is 15.4. The van der Waals surface area contributed by atoms with E-state index in [1.165, 1.54) is 19.3 Å². The second-order valence-electron chi connectivity index (χ2n) is 16.7. The van der Waals surface area contributed by atoms with Gasteiger partial charge in [0.05, 0.1) is 5.41 Å². The lowest BCUT2D eigenvalue weighted by molar-refractivity contribution is -0.249. The largest absolute Gasteiger partial charge is 0.481 e. The molecule has 0 aromatic carbocycles. The number of carbonyl (C=O) groups is 2. The number of carboxylic acid groups (broad SMARTS) is 1. The minimum Gasteiger partial charge on any atom is -0.481 e. The predicted molar refractivity (Wildman–Crippen MR) is 156 cm³/mol. The summed E-state index contributed by atoms with van der Waals surface area (Å²) >= 11 is 0. The molecule has 6 aliphatic carbocycles. The highest BCUT2D eigenvalue weighted by Gasteiger charge is 2.72. The summed E-state index contributed by atoms with van der Waals surface area (Å²) in [6, 6.07) is 0.318. The SMILES string of the molecule is CC(CN)[C@@H]1CC[C@]2(C(=O)O)CC[C@]3(C)C(CCC4[C@@]5(C)CC[C@@H](OC(=O)NC6CC6)C(C)(C)C5CC[C@]43C)C12. The fourth-order valence-corrected chi connectivity index (χ4v) is 12.6. The highest BCUT2D eigenvalue weighted by atomic mass is 16.6. The molecule has 0 spiro atoms. The zero-order valence-corrected chi connectivity index (χ0v) is 26.1. The van der Waals surface area contributed by atoms with Crippen LogP contribution in [-0.4, -0.2) is 35.9 Å². The van der Waals surface area contributed by atoms with Crippen LogP contribution >= 0.6 is 0 Å². The van der Waals surface area contributed by atoms with E-state index < -0.39 is 11.4 Å². The van der Waals surface area contributed by atoms with Gasteiger partial charge in [0.15, 0.2) is 0 Å². The molecular weight excluding hydrogens is 500 g/mol. The Labute approximate surface area is 242 Å². The highest BCUT2D eigenvalue weighted by Crippen LogP contribution is 2.77. The van der Waals surface area contributed by atoms with Gasteiger partial charge in [-0.25, -0.2) is 4.79 Å². The predicted octanol–water partition coefficient (Wildman–Crippen LogP) is 7.00. The molecule has 0 aromatic heterocycles. The van der Waals surface area contributed by atoms with Crippen LogP contribution < -0.4 is 11.1 Å². The number of fused-ring (bicyclic) bond motifs is 7. The molecule has 6 heteroatoms. The van der Waals surface area contributed by atoms with Gasteiger partial charge in [0, 0.05) is 11.5 Å². The normalized spacial score (nSPS) is 50.0. The minimum absolute atomic E-state index is 0.0385. The van der Waals surface area contributed by atoms with Crippen molar-refractivity contribution in [2.75, 3.05) is 6.54 Å². The van der Waals surface area contributed by atoms with Crippen LogP contribution in [0.1, 0.15) is 119 Å². The summed E-state index contributed by atoms with van der Waals surface area (Å²) in [5, 5.41) is 13.7. The van der Waals surface area contributed by atoms with Crippen molar-refractivity contribution in [1.82, 2.24) is 5.32 Å². The average molecular weight is 557 g/mol. The maximum absolute atomic E-state index is 13.0. The van der Waals surface area contributed by atoms with E-state index in [4.69, 9.17) is 10.5 Å². The van der Waals surface area contributed by atoms with Crippen LogP contribution in [0.4, 0.5) is 4.79 Å². The Balaban J connectivity index is 1.29. The average Bonchev–Trinajstić information content (AvgIpc) is 3.61. The van der Waals surface area contributed by atoms with Gasteiger partial charge < -0.3 is 20.9 Å². The monoisotopic (exact) mass is 556 g/mol. The smallest absolute Gasteiger partial charge is 0.407 e. The first-order chi connectivity index (χ1) is 18.7. The first-order valence-electron chi connectivity index (χ1n) is 16.7. The van der Waals surface area contributed by atoms with Gasteiger partial charge in [-0.05, 0) is 135 Å². The van der Waals surface area contributed by atoms with Gasteiger partial charge in [0.2, 0.25) is 0 Å². The van der Waals surface area contributed by atoms with E-state index in [2.05, 4.69) is 46.9 Å². The molecule has 0 saturated heterocycles. The number of nitrogens with one attached hydrogen (secondary N) is 1. The van der Waals surface area contributed by atoms with Crippen LogP contribution in [0.5, 0.6) is 0 Å². The number of ether oxygens (including phenoxy) is 1. The van der Waals surface area contributed by atoms with Gasteiger partial charge >= 0.3 is 12.1 Å². The van der Waals surface area contributed by atoms with Crippen LogP contribution in [0.3, 0.4) is 0 Å². The second kappa shape index (κ2) is 9.35. The van der Waals surface area contributed by atoms with Crippen molar-refractivity contribution in [1.29, 1.82) is 0 Å². The van der Waals surface area contributed by atoms with Crippen molar-refractivity contribution in [3.63, 3.8) is 0 Å². The van der Waals surface area contributed by atoms with Gasteiger partial charge in [-0.1, -0.05) is 41.5 Å². The number of carbonyl (C=O) groups excluding carboxylic acids is 1. The summed E-state index contributed by atoms with van der Waals surface area (Å²) in [7, 11) is 0. The topological polar surface area (TPSA) is 102 Å². The molecule has 6 saturated carbocycles.